The number of hydrogen-bond acceptors (Lipinski definition) is 4. The van der Waals surface area contributed by atoms with Crippen LogP contribution in [0, 0.1) is 0 Å². The van der Waals surface area contributed by atoms with Gasteiger partial charge in [-0.15, -0.1) is 0 Å². The first-order chi connectivity index (χ1) is 10.1. The zero-order chi connectivity index (χ0) is 15.2. The van der Waals surface area contributed by atoms with E-state index in [4.69, 9.17) is 9.84 Å². The summed E-state index contributed by atoms with van der Waals surface area (Å²) in [6, 6.07) is 13.5. The summed E-state index contributed by atoms with van der Waals surface area (Å²) >= 11 is 0. The molecule has 0 aliphatic heterocycles. The average Bonchev–Trinajstić information content (AvgIpc) is 2.52. The predicted molar refractivity (Wildman–Crippen MR) is 75.5 cm³/mol. The smallest absolute Gasteiger partial charge is 0.338 e. The Balaban J connectivity index is 2.23. The Bertz CT molecular complexity index is 649. The van der Waals surface area contributed by atoms with Gasteiger partial charge in [-0.2, -0.15) is 0 Å². The van der Waals surface area contributed by atoms with Crippen molar-refractivity contribution in [2.45, 2.75) is 6.61 Å². The summed E-state index contributed by atoms with van der Waals surface area (Å²) in [6.45, 7) is 0.282. The molecular formula is C16H14O5. The molecule has 0 atom stereocenters. The zero-order valence-corrected chi connectivity index (χ0v) is 11.4. The van der Waals surface area contributed by atoms with Crippen LogP contribution in [-0.2, 0) is 11.3 Å². The topological polar surface area (TPSA) is 72.8 Å². The van der Waals surface area contributed by atoms with Gasteiger partial charge >= 0.3 is 11.9 Å². The molecule has 2 rings (SSSR count). The number of methoxy groups -OCH3 is 1. The molecule has 0 amide bonds. The van der Waals surface area contributed by atoms with E-state index in [0.717, 1.165) is 5.56 Å². The van der Waals surface area contributed by atoms with E-state index >= 15 is 0 Å². The fourth-order valence-electron chi connectivity index (χ4n) is 1.78. The lowest BCUT2D eigenvalue weighted by molar-refractivity contribution is 0.0600. The summed E-state index contributed by atoms with van der Waals surface area (Å²) < 4.78 is 10.1. The average molecular weight is 286 g/mol. The highest BCUT2D eigenvalue weighted by molar-refractivity contribution is 5.95. The van der Waals surface area contributed by atoms with Crippen molar-refractivity contribution in [2.75, 3.05) is 7.11 Å². The van der Waals surface area contributed by atoms with Crippen LogP contribution in [0.25, 0.3) is 0 Å². The van der Waals surface area contributed by atoms with Crippen LogP contribution in [0.4, 0.5) is 0 Å². The number of carboxylic acid groups (broad SMARTS) is 1. The van der Waals surface area contributed by atoms with Crippen molar-refractivity contribution in [1.29, 1.82) is 0 Å². The van der Waals surface area contributed by atoms with Crippen LogP contribution in [-0.4, -0.2) is 24.2 Å². The van der Waals surface area contributed by atoms with Crippen LogP contribution in [0.5, 0.6) is 5.75 Å². The quantitative estimate of drug-likeness (QED) is 0.856. The third kappa shape index (κ3) is 3.82. The molecule has 0 spiro atoms. The molecule has 0 bridgehead atoms. The zero-order valence-electron chi connectivity index (χ0n) is 11.4. The SMILES string of the molecule is COC(=O)c1cc(OCc2ccccc2)cc(C(=O)O)c1. The van der Waals surface area contributed by atoms with E-state index in [1.54, 1.807) is 0 Å². The van der Waals surface area contributed by atoms with Crippen molar-refractivity contribution < 1.29 is 24.2 Å². The van der Waals surface area contributed by atoms with Crippen LogP contribution in [0.1, 0.15) is 26.3 Å². The number of ether oxygens (including phenoxy) is 2. The lowest BCUT2D eigenvalue weighted by atomic mass is 10.1. The van der Waals surface area contributed by atoms with Gasteiger partial charge < -0.3 is 14.6 Å². The van der Waals surface area contributed by atoms with Gasteiger partial charge in [0.1, 0.15) is 12.4 Å². The number of esters is 1. The number of carboxylic acids is 1. The highest BCUT2D eigenvalue weighted by Crippen LogP contribution is 2.19. The van der Waals surface area contributed by atoms with Crippen LogP contribution < -0.4 is 4.74 Å². The van der Waals surface area contributed by atoms with Crippen molar-refractivity contribution in [3.05, 3.63) is 65.2 Å². The van der Waals surface area contributed by atoms with Gasteiger partial charge in [0.05, 0.1) is 18.2 Å². The fourth-order valence-corrected chi connectivity index (χ4v) is 1.78. The Hall–Kier alpha value is -2.82. The molecule has 2 aromatic rings. The summed E-state index contributed by atoms with van der Waals surface area (Å²) in [7, 11) is 1.24. The van der Waals surface area contributed by atoms with E-state index < -0.39 is 11.9 Å². The molecule has 2 aromatic carbocycles. The number of carbonyl (C=O) groups is 2. The summed E-state index contributed by atoms with van der Waals surface area (Å²) in [5.74, 6) is -1.44. The standard InChI is InChI=1S/C16H14O5/c1-20-16(19)13-7-12(15(17)18)8-14(9-13)21-10-11-5-3-2-4-6-11/h2-9H,10H2,1H3,(H,17,18). The van der Waals surface area contributed by atoms with Gasteiger partial charge in [0.25, 0.3) is 0 Å². The molecular weight excluding hydrogens is 272 g/mol. The highest BCUT2D eigenvalue weighted by atomic mass is 16.5. The van der Waals surface area contributed by atoms with Gasteiger partial charge in [-0.05, 0) is 23.8 Å². The second-order valence-corrected chi connectivity index (χ2v) is 4.32. The fraction of sp³-hybridized carbons (Fsp3) is 0.125. The first kappa shape index (κ1) is 14.6. The van der Waals surface area contributed by atoms with Gasteiger partial charge in [-0.25, -0.2) is 9.59 Å². The van der Waals surface area contributed by atoms with Gasteiger partial charge in [-0.1, -0.05) is 30.3 Å². The number of benzene rings is 2. The van der Waals surface area contributed by atoms with E-state index in [-0.39, 0.29) is 17.7 Å². The lowest BCUT2D eigenvalue weighted by Gasteiger charge is -2.09. The van der Waals surface area contributed by atoms with Gasteiger partial charge in [0, 0.05) is 0 Å². The van der Waals surface area contributed by atoms with Crippen LogP contribution in [0.15, 0.2) is 48.5 Å². The maximum atomic E-state index is 11.5. The second-order valence-electron chi connectivity index (χ2n) is 4.32. The molecule has 0 fully saturated rings. The summed E-state index contributed by atoms with van der Waals surface area (Å²) in [5, 5.41) is 9.07. The third-order valence-corrected chi connectivity index (χ3v) is 2.82. The maximum Gasteiger partial charge on any atom is 0.338 e. The Labute approximate surface area is 121 Å². The van der Waals surface area contributed by atoms with Crippen molar-refractivity contribution in [3.63, 3.8) is 0 Å². The molecule has 0 aliphatic rings. The molecule has 0 saturated heterocycles. The molecule has 0 heterocycles. The molecule has 0 radical (unpaired) electrons. The van der Waals surface area contributed by atoms with Crippen LogP contribution >= 0.6 is 0 Å². The molecule has 1 N–H and O–H groups in total. The predicted octanol–water partition coefficient (Wildman–Crippen LogP) is 2.75. The Morgan fingerprint density at radius 2 is 1.71 bits per heavy atom. The normalized spacial score (nSPS) is 9.95. The molecule has 5 nitrogen and oxygen atoms in total. The molecule has 5 heteroatoms. The molecule has 0 unspecified atom stereocenters. The van der Waals surface area contributed by atoms with E-state index in [1.165, 1.54) is 25.3 Å². The highest BCUT2D eigenvalue weighted by Gasteiger charge is 2.13. The van der Waals surface area contributed by atoms with Crippen molar-refractivity contribution in [3.8, 4) is 5.75 Å². The number of carbonyl (C=O) groups excluding carboxylic acids is 1. The Morgan fingerprint density at radius 1 is 1.05 bits per heavy atom. The first-order valence-corrected chi connectivity index (χ1v) is 6.23. The van der Waals surface area contributed by atoms with Crippen molar-refractivity contribution >= 4 is 11.9 Å². The van der Waals surface area contributed by atoms with Gasteiger partial charge in [0.15, 0.2) is 0 Å². The minimum absolute atomic E-state index is 0.0269. The first-order valence-electron chi connectivity index (χ1n) is 6.23. The number of aromatic carboxylic acids is 1. The summed E-state index contributed by atoms with van der Waals surface area (Å²) in [6.07, 6.45) is 0. The minimum atomic E-state index is -1.13. The summed E-state index contributed by atoms with van der Waals surface area (Å²) in [4.78, 5) is 22.6. The molecule has 0 aliphatic carbocycles. The van der Waals surface area contributed by atoms with Crippen LogP contribution in [0.2, 0.25) is 0 Å². The van der Waals surface area contributed by atoms with E-state index in [0.29, 0.717) is 5.75 Å². The molecule has 0 saturated carbocycles. The Morgan fingerprint density at radius 3 is 2.33 bits per heavy atom. The second kappa shape index (κ2) is 6.56. The van der Waals surface area contributed by atoms with Crippen molar-refractivity contribution in [2.24, 2.45) is 0 Å². The molecule has 21 heavy (non-hydrogen) atoms. The van der Waals surface area contributed by atoms with Crippen molar-refractivity contribution in [1.82, 2.24) is 0 Å². The van der Waals surface area contributed by atoms with Crippen LogP contribution in [0.3, 0.4) is 0 Å². The molecule has 0 aromatic heterocycles. The maximum absolute atomic E-state index is 11.5. The van der Waals surface area contributed by atoms with E-state index in [2.05, 4.69) is 4.74 Å². The van der Waals surface area contributed by atoms with Gasteiger partial charge in [0.2, 0.25) is 0 Å². The monoisotopic (exact) mass is 286 g/mol. The number of rotatable bonds is 5. The van der Waals surface area contributed by atoms with E-state index in [9.17, 15) is 9.59 Å². The van der Waals surface area contributed by atoms with Gasteiger partial charge in [-0.3, -0.25) is 0 Å². The minimum Gasteiger partial charge on any atom is -0.489 e. The Kier molecular flexibility index (Phi) is 4.56. The largest absolute Gasteiger partial charge is 0.489 e. The molecule has 108 valence electrons. The summed E-state index contributed by atoms with van der Waals surface area (Å²) in [5.41, 5.74) is 1.05. The number of hydrogen-bond donors (Lipinski definition) is 1. The third-order valence-electron chi connectivity index (χ3n) is 2.82. The van der Waals surface area contributed by atoms with E-state index in [1.807, 2.05) is 30.3 Å². The lowest BCUT2D eigenvalue weighted by Crippen LogP contribution is -2.06.